The fourth-order valence-electron chi connectivity index (χ4n) is 1.13. The third kappa shape index (κ3) is 3.70. The number of benzene rings is 1. The SMILES string of the molecule is [CH]=C(Cl)C(O)CCc1cccc(Cl)c1. The van der Waals surface area contributed by atoms with Crippen LogP contribution in [0.5, 0.6) is 0 Å². The first-order valence-corrected chi connectivity index (χ1v) is 5.05. The molecule has 0 bridgehead atoms. The lowest BCUT2D eigenvalue weighted by molar-refractivity contribution is 0.208. The van der Waals surface area contributed by atoms with Gasteiger partial charge < -0.3 is 5.11 Å². The molecule has 0 heterocycles. The maximum atomic E-state index is 9.33. The fourth-order valence-corrected chi connectivity index (χ4v) is 1.46. The molecule has 0 spiro atoms. The van der Waals surface area contributed by atoms with E-state index in [0.29, 0.717) is 17.9 Å². The first-order chi connectivity index (χ1) is 6.59. The van der Waals surface area contributed by atoms with Gasteiger partial charge in [0.15, 0.2) is 0 Å². The lowest BCUT2D eigenvalue weighted by Gasteiger charge is -2.07. The Morgan fingerprint density at radius 3 is 2.79 bits per heavy atom. The smallest absolute Gasteiger partial charge is 0.0898 e. The number of rotatable bonds is 4. The quantitative estimate of drug-likeness (QED) is 0.842. The number of halogens is 2. The molecule has 0 saturated carbocycles. The number of aliphatic hydroxyl groups is 1. The van der Waals surface area contributed by atoms with Crippen LogP contribution in [0.25, 0.3) is 0 Å². The maximum Gasteiger partial charge on any atom is 0.0898 e. The van der Waals surface area contributed by atoms with E-state index in [4.69, 9.17) is 29.8 Å². The minimum atomic E-state index is -0.754. The van der Waals surface area contributed by atoms with Gasteiger partial charge in [0.25, 0.3) is 0 Å². The van der Waals surface area contributed by atoms with Crippen LogP contribution in [-0.2, 0) is 6.42 Å². The standard InChI is InChI=1S/C11H11Cl2O/c1-8(12)11(14)6-5-9-3-2-4-10(13)7-9/h1-4,7,11,14H,5-6H2. The Labute approximate surface area is 94.0 Å². The van der Waals surface area contributed by atoms with Crippen molar-refractivity contribution in [2.75, 3.05) is 0 Å². The topological polar surface area (TPSA) is 20.2 Å². The molecule has 0 aromatic heterocycles. The molecule has 1 nitrogen and oxygen atoms in total. The summed E-state index contributed by atoms with van der Waals surface area (Å²) < 4.78 is 0. The molecule has 3 heteroatoms. The van der Waals surface area contributed by atoms with Crippen molar-refractivity contribution < 1.29 is 5.11 Å². The monoisotopic (exact) mass is 229 g/mol. The van der Waals surface area contributed by atoms with Crippen LogP contribution >= 0.6 is 23.2 Å². The highest BCUT2D eigenvalue weighted by atomic mass is 35.5. The second-order valence-electron chi connectivity index (χ2n) is 3.07. The Morgan fingerprint density at radius 2 is 2.21 bits per heavy atom. The molecule has 1 unspecified atom stereocenters. The summed E-state index contributed by atoms with van der Waals surface area (Å²) in [5.74, 6) is 0. The van der Waals surface area contributed by atoms with E-state index in [0.717, 1.165) is 5.56 Å². The molecule has 0 aliphatic carbocycles. The van der Waals surface area contributed by atoms with Crippen molar-refractivity contribution in [1.29, 1.82) is 0 Å². The summed E-state index contributed by atoms with van der Waals surface area (Å²) in [5.41, 5.74) is 1.06. The molecule has 0 aliphatic rings. The van der Waals surface area contributed by atoms with Crippen molar-refractivity contribution in [2.24, 2.45) is 0 Å². The summed E-state index contributed by atoms with van der Waals surface area (Å²) in [6.45, 7) is 5.24. The van der Waals surface area contributed by atoms with Crippen LogP contribution in [0.1, 0.15) is 12.0 Å². The number of aryl methyl sites for hydroxylation is 1. The molecule has 75 valence electrons. The highest BCUT2D eigenvalue weighted by Gasteiger charge is 2.06. The first kappa shape index (κ1) is 11.6. The van der Waals surface area contributed by atoms with Crippen molar-refractivity contribution in [3.8, 4) is 0 Å². The number of hydrogen-bond acceptors (Lipinski definition) is 1. The average molecular weight is 230 g/mol. The molecule has 0 saturated heterocycles. The Kier molecular flexibility index (Phi) is 4.46. The van der Waals surface area contributed by atoms with E-state index in [9.17, 15) is 5.11 Å². The molecule has 1 atom stereocenters. The fraction of sp³-hybridized carbons (Fsp3) is 0.273. The summed E-state index contributed by atoms with van der Waals surface area (Å²) in [7, 11) is 0. The zero-order valence-electron chi connectivity index (χ0n) is 7.58. The summed E-state index contributed by atoms with van der Waals surface area (Å²) in [5, 5.41) is 10.1. The van der Waals surface area contributed by atoms with Gasteiger partial charge in [0.05, 0.1) is 6.10 Å². The predicted molar refractivity (Wildman–Crippen MR) is 59.4 cm³/mol. The normalized spacial score (nSPS) is 12.5. The highest BCUT2D eigenvalue weighted by molar-refractivity contribution is 6.30. The van der Waals surface area contributed by atoms with Crippen molar-refractivity contribution in [1.82, 2.24) is 0 Å². The minimum Gasteiger partial charge on any atom is -0.387 e. The third-order valence-corrected chi connectivity index (χ3v) is 2.40. The molecule has 1 aromatic carbocycles. The lowest BCUT2D eigenvalue weighted by atomic mass is 10.1. The molecule has 1 N–H and O–H groups in total. The van der Waals surface area contributed by atoms with Gasteiger partial charge in [-0.25, -0.2) is 0 Å². The molecule has 14 heavy (non-hydrogen) atoms. The molecular weight excluding hydrogens is 219 g/mol. The third-order valence-electron chi connectivity index (χ3n) is 1.91. The van der Waals surface area contributed by atoms with Crippen molar-refractivity contribution >= 4 is 23.2 Å². The van der Waals surface area contributed by atoms with E-state index in [1.807, 2.05) is 24.3 Å². The zero-order valence-corrected chi connectivity index (χ0v) is 9.09. The maximum absolute atomic E-state index is 9.33. The van der Waals surface area contributed by atoms with Crippen LogP contribution in [0, 0.1) is 6.58 Å². The molecule has 0 amide bonds. The minimum absolute atomic E-state index is 0.0343. The molecule has 1 rings (SSSR count). The molecule has 1 radical (unpaired) electrons. The van der Waals surface area contributed by atoms with Crippen LogP contribution in [0.2, 0.25) is 5.02 Å². The van der Waals surface area contributed by atoms with Gasteiger partial charge >= 0.3 is 0 Å². The van der Waals surface area contributed by atoms with Gasteiger partial charge in [-0.3, -0.25) is 0 Å². The number of hydrogen-bond donors (Lipinski definition) is 1. The predicted octanol–water partition coefficient (Wildman–Crippen LogP) is 3.19. The average Bonchev–Trinajstić information content (AvgIpc) is 2.14. The molecule has 0 aliphatic heterocycles. The van der Waals surface area contributed by atoms with Gasteiger partial charge in [-0.1, -0.05) is 35.3 Å². The van der Waals surface area contributed by atoms with Crippen molar-refractivity contribution in [2.45, 2.75) is 18.9 Å². The van der Waals surface area contributed by atoms with Gasteiger partial charge in [-0.05, 0) is 37.1 Å². The van der Waals surface area contributed by atoms with E-state index in [1.54, 1.807) is 0 Å². The van der Waals surface area contributed by atoms with Crippen molar-refractivity contribution in [3.63, 3.8) is 0 Å². The highest BCUT2D eigenvalue weighted by Crippen LogP contribution is 2.15. The van der Waals surface area contributed by atoms with E-state index in [2.05, 4.69) is 0 Å². The van der Waals surface area contributed by atoms with E-state index in [1.165, 1.54) is 0 Å². The van der Waals surface area contributed by atoms with Gasteiger partial charge in [-0.15, -0.1) is 0 Å². The van der Waals surface area contributed by atoms with E-state index < -0.39 is 6.10 Å². The van der Waals surface area contributed by atoms with Crippen LogP contribution < -0.4 is 0 Å². The molecular formula is C11H11Cl2O. The lowest BCUT2D eigenvalue weighted by Crippen LogP contribution is -2.07. The van der Waals surface area contributed by atoms with Gasteiger partial charge in [0, 0.05) is 10.1 Å². The Hall–Kier alpha value is -0.500. The second-order valence-corrected chi connectivity index (χ2v) is 3.94. The van der Waals surface area contributed by atoms with Crippen molar-refractivity contribution in [3.05, 3.63) is 46.5 Å². The Balaban J connectivity index is 2.49. The molecule has 1 aromatic rings. The number of aliphatic hydroxyl groups excluding tert-OH is 1. The molecule has 0 fully saturated rings. The summed E-state index contributed by atoms with van der Waals surface area (Å²) in [6.07, 6.45) is 0.459. The van der Waals surface area contributed by atoms with E-state index >= 15 is 0 Å². The Morgan fingerprint density at radius 1 is 1.50 bits per heavy atom. The zero-order chi connectivity index (χ0) is 10.6. The second kappa shape index (κ2) is 5.40. The summed E-state index contributed by atoms with van der Waals surface area (Å²) in [4.78, 5) is 0. The van der Waals surface area contributed by atoms with Crippen LogP contribution in [0.4, 0.5) is 0 Å². The summed E-state index contributed by atoms with van der Waals surface area (Å²) in [6, 6.07) is 7.49. The van der Waals surface area contributed by atoms with Gasteiger partial charge in [0.2, 0.25) is 0 Å². The van der Waals surface area contributed by atoms with Crippen LogP contribution in [0.15, 0.2) is 29.3 Å². The van der Waals surface area contributed by atoms with Gasteiger partial charge in [-0.2, -0.15) is 0 Å². The summed E-state index contributed by atoms with van der Waals surface area (Å²) >= 11 is 11.2. The van der Waals surface area contributed by atoms with E-state index in [-0.39, 0.29) is 5.03 Å². The van der Waals surface area contributed by atoms with Crippen LogP contribution in [-0.4, -0.2) is 11.2 Å². The van der Waals surface area contributed by atoms with Crippen LogP contribution in [0.3, 0.4) is 0 Å². The van der Waals surface area contributed by atoms with Gasteiger partial charge in [0.1, 0.15) is 0 Å². The first-order valence-electron chi connectivity index (χ1n) is 4.30. The largest absolute Gasteiger partial charge is 0.387 e. The Bertz CT molecular complexity index is 323.